The number of benzene rings is 2. The van der Waals surface area contributed by atoms with Crippen LogP contribution in [0.15, 0.2) is 48.5 Å². The van der Waals surface area contributed by atoms with E-state index in [0.29, 0.717) is 17.5 Å². The predicted molar refractivity (Wildman–Crippen MR) is 99.1 cm³/mol. The van der Waals surface area contributed by atoms with Gasteiger partial charge in [0.1, 0.15) is 6.10 Å². The number of hydrogen-bond acceptors (Lipinski definition) is 3. The smallest absolute Gasteiger partial charge is 0.339 e. The molecule has 0 bridgehead atoms. The first-order valence-electron chi connectivity index (χ1n) is 9.40. The zero-order valence-electron chi connectivity index (χ0n) is 14.8. The Morgan fingerprint density at radius 2 is 1.69 bits per heavy atom. The van der Waals surface area contributed by atoms with Gasteiger partial charge in [-0.3, -0.25) is 4.79 Å². The molecule has 0 aliphatic carbocycles. The number of likely N-dealkylation sites (tertiary alicyclic amines) is 1. The lowest BCUT2D eigenvalue weighted by Crippen LogP contribution is -2.32. The standard InChI is InChI=1S/C22H23NO3/c24-21(23-12-6-1-2-7-13-23)17-10-11-19-18(14-17)15-20(26-22(19)25)16-8-4-3-5-9-16/h3-5,8-11,14,20H,1-2,6-7,12-13,15H2. The van der Waals surface area contributed by atoms with Crippen LogP contribution < -0.4 is 0 Å². The third kappa shape index (κ3) is 3.36. The highest BCUT2D eigenvalue weighted by molar-refractivity contribution is 5.97. The zero-order chi connectivity index (χ0) is 17.9. The summed E-state index contributed by atoms with van der Waals surface area (Å²) in [4.78, 5) is 27.2. The second-order valence-corrected chi connectivity index (χ2v) is 7.09. The Kier molecular flexibility index (Phi) is 4.74. The van der Waals surface area contributed by atoms with Gasteiger partial charge >= 0.3 is 5.97 Å². The summed E-state index contributed by atoms with van der Waals surface area (Å²) in [6, 6.07) is 15.2. The number of esters is 1. The van der Waals surface area contributed by atoms with Gasteiger partial charge in [-0.05, 0) is 42.2 Å². The molecule has 2 heterocycles. The average molecular weight is 349 g/mol. The van der Waals surface area contributed by atoms with Crippen LogP contribution in [0.4, 0.5) is 0 Å². The predicted octanol–water partition coefficient (Wildman–Crippen LogP) is 4.16. The number of nitrogens with zero attached hydrogens (tertiary/aromatic N) is 1. The lowest BCUT2D eigenvalue weighted by molar-refractivity contribution is 0.0252. The van der Waals surface area contributed by atoms with Crippen molar-refractivity contribution in [3.05, 3.63) is 70.8 Å². The summed E-state index contributed by atoms with van der Waals surface area (Å²) in [5, 5.41) is 0. The summed E-state index contributed by atoms with van der Waals surface area (Å²) in [7, 11) is 0. The number of cyclic esters (lactones) is 1. The second-order valence-electron chi connectivity index (χ2n) is 7.09. The Morgan fingerprint density at radius 1 is 0.962 bits per heavy atom. The van der Waals surface area contributed by atoms with E-state index in [1.807, 2.05) is 41.3 Å². The second kappa shape index (κ2) is 7.32. The van der Waals surface area contributed by atoms with Crippen LogP contribution in [-0.2, 0) is 11.2 Å². The Morgan fingerprint density at radius 3 is 2.42 bits per heavy atom. The molecule has 1 unspecified atom stereocenters. The average Bonchev–Trinajstić information content (AvgIpc) is 2.97. The van der Waals surface area contributed by atoms with Gasteiger partial charge in [-0.2, -0.15) is 0 Å². The molecule has 134 valence electrons. The topological polar surface area (TPSA) is 46.6 Å². The fourth-order valence-electron chi connectivity index (χ4n) is 3.84. The summed E-state index contributed by atoms with van der Waals surface area (Å²) < 4.78 is 5.60. The van der Waals surface area contributed by atoms with Crippen LogP contribution in [0.5, 0.6) is 0 Å². The van der Waals surface area contributed by atoms with E-state index in [9.17, 15) is 9.59 Å². The quantitative estimate of drug-likeness (QED) is 0.765. The van der Waals surface area contributed by atoms with Crippen molar-refractivity contribution < 1.29 is 14.3 Å². The third-order valence-electron chi connectivity index (χ3n) is 5.29. The number of fused-ring (bicyclic) bond motifs is 1. The molecule has 0 radical (unpaired) electrons. The maximum Gasteiger partial charge on any atom is 0.339 e. The van der Waals surface area contributed by atoms with E-state index >= 15 is 0 Å². The number of hydrogen-bond donors (Lipinski definition) is 0. The van der Waals surface area contributed by atoms with Crippen LogP contribution in [0.1, 0.15) is 63.6 Å². The van der Waals surface area contributed by atoms with Gasteiger partial charge in [-0.25, -0.2) is 4.79 Å². The summed E-state index contributed by atoms with van der Waals surface area (Å²) in [5.74, 6) is -0.237. The van der Waals surface area contributed by atoms with E-state index in [1.165, 1.54) is 12.8 Å². The molecule has 1 fully saturated rings. The molecule has 0 aromatic heterocycles. The van der Waals surface area contributed by atoms with E-state index in [4.69, 9.17) is 4.74 Å². The molecule has 1 saturated heterocycles. The SMILES string of the molecule is O=C1OC(c2ccccc2)Cc2cc(C(=O)N3CCCCCC3)ccc21. The Labute approximate surface area is 153 Å². The van der Waals surface area contributed by atoms with Crippen LogP contribution in [0.25, 0.3) is 0 Å². The molecule has 26 heavy (non-hydrogen) atoms. The van der Waals surface area contributed by atoms with E-state index in [1.54, 1.807) is 12.1 Å². The van der Waals surface area contributed by atoms with Gasteiger partial charge in [-0.1, -0.05) is 43.2 Å². The van der Waals surface area contributed by atoms with Crippen molar-refractivity contribution in [3.8, 4) is 0 Å². The first-order chi connectivity index (χ1) is 12.7. The van der Waals surface area contributed by atoms with Crippen LogP contribution in [0, 0.1) is 0 Å². The largest absolute Gasteiger partial charge is 0.454 e. The minimum atomic E-state index is -0.311. The van der Waals surface area contributed by atoms with Crippen LogP contribution >= 0.6 is 0 Å². The number of carbonyl (C=O) groups excluding carboxylic acids is 2. The van der Waals surface area contributed by atoms with Crippen molar-refractivity contribution in [1.29, 1.82) is 0 Å². The van der Waals surface area contributed by atoms with Crippen molar-refractivity contribution in [1.82, 2.24) is 4.90 Å². The first-order valence-corrected chi connectivity index (χ1v) is 9.40. The van der Waals surface area contributed by atoms with Crippen LogP contribution in [0.3, 0.4) is 0 Å². The Balaban J connectivity index is 1.59. The van der Waals surface area contributed by atoms with Gasteiger partial charge in [0.05, 0.1) is 5.56 Å². The summed E-state index contributed by atoms with van der Waals surface area (Å²) in [6.07, 6.45) is 4.83. The third-order valence-corrected chi connectivity index (χ3v) is 5.29. The molecule has 2 aromatic carbocycles. The van der Waals surface area contributed by atoms with Gasteiger partial charge in [0.2, 0.25) is 0 Å². The molecule has 2 aliphatic heterocycles. The number of amides is 1. The van der Waals surface area contributed by atoms with Gasteiger partial charge in [0.25, 0.3) is 5.91 Å². The van der Waals surface area contributed by atoms with Gasteiger partial charge in [-0.15, -0.1) is 0 Å². The monoisotopic (exact) mass is 349 g/mol. The molecular formula is C22H23NO3. The van der Waals surface area contributed by atoms with Crippen molar-refractivity contribution in [2.45, 2.75) is 38.2 Å². The lowest BCUT2D eigenvalue weighted by atomic mass is 9.93. The molecule has 4 rings (SSSR count). The molecule has 0 spiro atoms. The first kappa shape index (κ1) is 16.8. The molecule has 0 N–H and O–H groups in total. The van der Waals surface area contributed by atoms with Crippen molar-refractivity contribution in [3.63, 3.8) is 0 Å². The molecule has 2 aliphatic rings. The summed E-state index contributed by atoms with van der Waals surface area (Å²) >= 11 is 0. The maximum atomic E-state index is 12.9. The molecular weight excluding hydrogens is 326 g/mol. The van der Waals surface area contributed by atoms with Crippen molar-refractivity contribution >= 4 is 11.9 Å². The van der Waals surface area contributed by atoms with E-state index in [0.717, 1.165) is 37.1 Å². The van der Waals surface area contributed by atoms with Crippen LogP contribution in [-0.4, -0.2) is 29.9 Å². The van der Waals surface area contributed by atoms with Gasteiger partial charge < -0.3 is 9.64 Å². The number of rotatable bonds is 2. The maximum absolute atomic E-state index is 12.9. The minimum absolute atomic E-state index is 0.0740. The van der Waals surface area contributed by atoms with Crippen molar-refractivity contribution in [2.75, 3.05) is 13.1 Å². The normalized spacial score (nSPS) is 20.1. The fourth-order valence-corrected chi connectivity index (χ4v) is 3.84. The van der Waals surface area contributed by atoms with Crippen molar-refractivity contribution in [2.24, 2.45) is 0 Å². The summed E-state index contributed by atoms with van der Waals surface area (Å²) in [5.41, 5.74) is 3.13. The molecule has 1 amide bonds. The molecule has 0 saturated carbocycles. The molecule has 1 atom stereocenters. The highest BCUT2D eigenvalue weighted by Gasteiger charge is 2.28. The van der Waals surface area contributed by atoms with E-state index in [-0.39, 0.29) is 18.0 Å². The van der Waals surface area contributed by atoms with E-state index in [2.05, 4.69) is 0 Å². The van der Waals surface area contributed by atoms with Gasteiger partial charge in [0.15, 0.2) is 0 Å². The minimum Gasteiger partial charge on any atom is -0.454 e. The zero-order valence-corrected chi connectivity index (χ0v) is 14.8. The fraction of sp³-hybridized carbons (Fsp3) is 0.364. The van der Waals surface area contributed by atoms with Gasteiger partial charge in [0, 0.05) is 25.1 Å². The number of ether oxygens (including phenoxy) is 1. The van der Waals surface area contributed by atoms with Crippen LogP contribution in [0.2, 0.25) is 0 Å². The molecule has 4 nitrogen and oxygen atoms in total. The highest BCUT2D eigenvalue weighted by atomic mass is 16.5. The highest BCUT2D eigenvalue weighted by Crippen LogP contribution is 2.31. The molecule has 2 aromatic rings. The number of carbonyl (C=O) groups is 2. The Bertz CT molecular complexity index is 807. The Hall–Kier alpha value is -2.62. The summed E-state index contributed by atoms with van der Waals surface area (Å²) in [6.45, 7) is 1.65. The van der Waals surface area contributed by atoms with E-state index < -0.39 is 0 Å². The molecule has 4 heteroatoms. The lowest BCUT2D eigenvalue weighted by Gasteiger charge is -2.26.